The van der Waals surface area contributed by atoms with Crippen LogP contribution in [0.15, 0.2) is 53.5 Å². The maximum atomic E-state index is 13.6. The average Bonchev–Trinajstić information content (AvgIpc) is 2.71. The van der Waals surface area contributed by atoms with Gasteiger partial charge in [0.15, 0.2) is 17.5 Å². The van der Waals surface area contributed by atoms with Gasteiger partial charge in [0.25, 0.3) is 5.91 Å². The molecule has 2 rings (SSSR count). The number of benzene rings is 2. The molecule has 0 aliphatic heterocycles. The number of nitrogens with one attached hydrogen (secondary N) is 3. The minimum absolute atomic E-state index is 0. The number of para-hydroxylation sites is 1. The number of hydrogen-bond acceptors (Lipinski definition) is 3. The van der Waals surface area contributed by atoms with Gasteiger partial charge in [0.1, 0.15) is 6.10 Å². The standard InChI is InChI=1S/C21H27FN4O2.HI/c1-15(28-19-10-5-4-9-18(19)22)14-26-21(24-3)25-12-11-16-7-6-8-17(13-16)20(27)23-2;/h4-10,13,15H,11-12,14H2,1-3H3,(H,23,27)(H2,24,25,26);1H. The van der Waals surface area contributed by atoms with Crippen LogP contribution in [0.3, 0.4) is 0 Å². The summed E-state index contributed by atoms with van der Waals surface area (Å²) in [6.07, 6.45) is 0.506. The number of ether oxygens (including phenoxy) is 1. The Morgan fingerprint density at radius 1 is 1.17 bits per heavy atom. The molecule has 1 amide bonds. The van der Waals surface area contributed by atoms with Gasteiger partial charge in [-0.05, 0) is 43.2 Å². The van der Waals surface area contributed by atoms with Crippen LogP contribution in [0, 0.1) is 5.82 Å². The number of rotatable bonds is 8. The first kappa shape index (κ1) is 24.7. The lowest BCUT2D eigenvalue weighted by Gasteiger charge is -2.18. The van der Waals surface area contributed by atoms with E-state index in [0.29, 0.717) is 24.6 Å². The summed E-state index contributed by atoms with van der Waals surface area (Å²) in [7, 11) is 3.30. The molecule has 158 valence electrons. The first-order valence-corrected chi connectivity index (χ1v) is 9.20. The maximum Gasteiger partial charge on any atom is 0.251 e. The molecular formula is C21H28FIN4O2. The van der Waals surface area contributed by atoms with Crippen molar-refractivity contribution in [3.8, 4) is 5.75 Å². The van der Waals surface area contributed by atoms with Gasteiger partial charge in [0.05, 0.1) is 6.54 Å². The predicted molar refractivity (Wildman–Crippen MR) is 125 cm³/mol. The number of guanidine groups is 1. The summed E-state index contributed by atoms with van der Waals surface area (Å²) in [5.74, 6) is 0.383. The second-order valence-electron chi connectivity index (χ2n) is 6.27. The van der Waals surface area contributed by atoms with Gasteiger partial charge in [-0.25, -0.2) is 4.39 Å². The fraction of sp³-hybridized carbons (Fsp3) is 0.333. The molecule has 2 aromatic rings. The Morgan fingerprint density at radius 3 is 2.62 bits per heavy atom. The Bertz CT molecular complexity index is 817. The van der Waals surface area contributed by atoms with Crippen molar-refractivity contribution in [3.63, 3.8) is 0 Å². The molecule has 0 aliphatic rings. The van der Waals surface area contributed by atoms with Gasteiger partial charge >= 0.3 is 0 Å². The number of hydrogen-bond donors (Lipinski definition) is 3. The monoisotopic (exact) mass is 514 g/mol. The summed E-state index contributed by atoms with van der Waals surface area (Å²) in [6, 6.07) is 13.8. The van der Waals surface area contributed by atoms with E-state index >= 15 is 0 Å². The molecule has 2 aromatic carbocycles. The molecule has 0 saturated carbocycles. The molecule has 0 radical (unpaired) electrons. The molecular weight excluding hydrogens is 486 g/mol. The SMILES string of the molecule is CN=C(NCCc1cccc(C(=O)NC)c1)NCC(C)Oc1ccccc1F.I. The van der Waals surface area contributed by atoms with Crippen LogP contribution in [0.4, 0.5) is 4.39 Å². The molecule has 3 N–H and O–H groups in total. The summed E-state index contributed by atoms with van der Waals surface area (Å²) in [4.78, 5) is 15.9. The normalized spacial score (nSPS) is 11.8. The molecule has 0 saturated heterocycles. The van der Waals surface area contributed by atoms with Crippen molar-refractivity contribution in [1.29, 1.82) is 0 Å². The maximum absolute atomic E-state index is 13.6. The third-order valence-corrected chi connectivity index (χ3v) is 4.07. The minimum atomic E-state index is -0.379. The summed E-state index contributed by atoms with van der Waals surface area (Å²) in [5, 5.41) is 9.00. The summed E-state index contributed by atoms with van der Waals surface area (Å²) in [6.45, 7) is 2.98. The molecule has 0 heterocycles. The van der Waals surface area contributed by atoms with E-state index in [1.54, 1.807) is 38.4 Å². The minimum Gasteiger partial charge on any atom is -0.486 e. The number of nitrogens with zero attached hydrogens (tertiary/aromatic N) is 1. The van der Waals surface area contributed by atoms with E-state index in [0.717, 1.165) is 12.0 Å². The van der Waals surface area contributed by atoms with Gasteiger partial charge in [-0.1, -0.05) is 24.3 Å². The van der Waals surface area contributed by atoms with E-state index < -0.39 is 0 Å². The van der Waals surface area contributed by atoms with Crippen LogP contribution < -0.4 is 20.7 Å². The van der Waals surface area contributed by atoms with Crippen molar-refractivity contribution in [1.82, 2.24) is 16.0 Å². The third-order valence-electron chi connectivity index (χ3n) is 4.07. The molecule has 0 aliphatic carbocycles. The van der Waals surface area contributed by atoms with Gasteiger partial charge in [-0.15, -0.1) is 24.0 Å². The van der Waals surface area contributed by atoms with Crippen LogP contribution in [0.25, 0.3) is 0 Å². The first-order valence-electron chi connectivity index (χ1n) is 9.20. The number of amides is 1. The smallest absolute Gasteiger partial charge is 0.251 e. The fourth-order valence-corrected chi connectivity index (χ4v) is 2.60. The second kappa shape index (κ2) is 13.0. The largest absolute Gasteiger partial charge is 0.486 e. The number of carbonyl (C=O) groups is 1. The van der Waals surface area contributed by atoms with E-state index in [9.17, 15) is 9.18 Å². The summed E-state index contributed by atoms with van der Waals surface area (Å²) >= 11 is 0. The van der Waals surface area contributed by atoms with Gasteiger partial charge in [-0.2, -0.15) is 0 Å². The predicted octanol–water partition coefficient (Wildman–Crippen LogP) is 2.98. The van der Waals surface area contributed by atoms with Crippen molar-refractivity contribution >= 4 is 35.8 Å². The zero-order valence-electron chi connectivity index (χ0n) is 16.9. The summed E-state index contributed by atoms with van der Waals surface area (Å²) in [5.41, 5.74) is 1.70. The van der Waals surface area contributed by atoms with Gasteiger partial charge in [0, 0.05) is 26.2 Å². The lowest BCUT2D eigenvalue weighted by molar-refractivity contribution is 0.0963. The van der Waals surface area contributed by atoms with Crippen molar-refractivity contribution in [2.75, 3.05) is 27.2 Å². The lowest BCUT2D eigenvalue weighted by atomic mass is 10.1. The van der Waals surface area contributed by atoms with Crippen LogP contribution in [0.5, 0.6) is 5.75 Å². The third kappa shape index (κ3) is 8.26. The van der Waals surface area contributed by atoms with Crippen molar-refractivity contribution in [2.24, 2.45) is 4.99 Å². The Morgan fingerprint density at radius 2 is 1.93 bits per heavy atom. The van der Waals surface area contributed by atoms with Crippen LogP contribution in [-0.4, -0.2) is 45.2 Å². The molecule has 29 heavy (non-hydrogen) atoms. The molecule has 0 fully saturated rings. The quantitative estimate of drug-likeness (QED) is 0.288. The Hall–Kier alpha value is -2.36. The molecule has 8 heteroatoms. The van der Waals surface area contributed by atoms with E-state index in [-0.39, 0.29) is 47.6 Å². The van der Waals surface area contributed by atoms with Crippen LogP contribution in [0.2, 0.25) is 0 Å². The Kier molecular flexibility index (Phi) is 11.0. The molecule has 1 atom stereocenters. The van der Waals surface area contributed by atoms with Gasteiger partial charge in [-0.3, -0.25) is 9.79 Å². The number of carbonyl (C=O) groups excluding carboxylic acids is 1. The van der Waals surface area contributed by atoms with Crippen molar-refractivity contribution < 1.29 is 13.9 Å². The zero-order valence-corrected chi connectivity index (χ0v) is 19.2. The van der Waals surface area contributed by atoms with Crippen molar-refractivity contribution in [3.05, 3.63) is 65.5 Å². The zero-order chi connectivity index (χ0) is 20.4. The lowest BCUT2D eigenvalue weighted by Crippen LogP contribution is -2.42. The van der Waals surface area contributed by atoms with E-state index in [1.807, 2.05) is 25.1 Å². The van der Waals surface area contributed by atoms with E-state index in [4.69, 9.17) is 4.74 Å². The highest BCUT2D eigenvalue weighted by molar-refractivity contribution is 14.0. The van der Waals surface area contributed by atoms with Gasteiger partial charge < -0.3 is 20.7 Å². The second-order valence-corrected chi connectivity index (χ2v) is 6.27. The van der Waals surface area contributed by atoms with E-state index in [2.05, 4.69) is 20.9 Å². The number of aliphatic imine (C=N–C) groups is 1. The van der Waals surface area contributed by atoms with E-state index in [1.165, 1.54) is 6.07 Å². The molecule has 1 unspecified atom stereocenters. The van der Waals surface area contributed by atoms with Crippen LogP contribution in [-0.2, 0) is 6.42 Å². The number of halogens is 2. The summed E-state index contributed by atoms with van der Waals surface area (Å²) < 4.78 is 19.2. The Labute approximate surface area is 188 Å². The van der Waals surface area contributed by atoms with Crippen LogP contribution >= 0.6 is 24.0 Å². The average molecular weight is 514 g/mol. The highest BCUT2D eigenvalue weighted by Crippen LogP contribution is 2.16. The Balaban J connectivity index is 0.00000420. The molecule has 0 aromatic heterocycles. The molecule has 0 bridgehead atoms. The molecule has 0 spiro atoms. The van der Waals surface area contributed by atoms with Crippen LogP contribution in [0.1, 0.15) is 22.8 Å². The topological polar surface area (TPSA) is 74.8 Å². The highest BCUT2D eigenvalue weighted by Gasteiger charge is 2.09. The fourth-order valence-electron chi connectivity index (χ4n) is 2.60. The first-order chi connectivity index (χ1) is 13.5. The molecule has 6 nitrogen and oxygen atoms in total. The highest BCUT2D eigenvalue weighted by atomic mass is 127. The van der Waals surface area contributed by atoms with Gasteiger partial charge in [0.2, 0.25) is 0 Å². The van der Waals surface area contributed by atoms with Crippen molar-refractivity contribution in [2.45, 2.75) is 19.4 Å².